The highest BCUT2D eigenvalue weighted by atomic mass is 32.1. The van der Waals surface area contributed by atoms with Gasteiger partial charge in [-0.2, -0.15) is 0 Å². The normalized spacial score (nSPS) is 12.4. The zero-order valence-corrected chi connectivity index (χ0v) is 37.9. The van der Waals surface area contributed by atoms with Crippen molar-refractivity contribution >= 4 is 142 Å². The molecule has 2 aliphatic rings. The molecule has 0 saturated heterocycles. The number of fused-ring (bicyclic) bond motifs is 10. The molecule has 8 aromatic carbocycles. The molecule has 0 atom stereocenters. The molecule has 4 aromatic heterocycles. The number of anilines is 6. The number of hydrogen-bond acceptors (Lipinski definition) is 8. The van der Waals surface area contributed by atoms with Gasteiger partial charge in [-0.1, -0.05) is 109 Å². The van der Waals surface area contributed by atoms with Crippen LogP contribution in [0.2, 0.25) is 0 Å². The molecule has 0 unspecified atom stereocenters. The van der Waals surface area contributed by atoms with Gasteiger partial charge in [-0.15, -0.1) is 45.3 Å². The lowest BCUT2D eigenvalue weighted by molar-refractivity contribution is 0.490. The van der Waals surface area contributed by atoms with Crippen molar-refractivity contribution in [3.8, 4) is 23.0 Å². The van der Waals surface area contributed by atoms with Gasteiger partial charge in [0, 0.05) is 89.5 Å². The third-order valence-electron chi connectivity index (χ3n) is 12.2. The quantitative estimate of drug-likeness (QED) is 0.155. The summed E-state index contributed by atoms with van der Waals surface area (Å²) in [6.07, 6.45) is 0. The molecule has 308 valence electrons. The molecule has 2 aliphatic heterocycles. The zero-order valence-electron chi connectivity index (χ0n) is 34.6. The van der Waals surface area contributed by atoms with Crippen LogP contribution in [0.5, 0.6) is 23.0 Å². The van der Waals surface area contributed by atoms with Crippen molar-refractivity contribution in [1.29, 1.82) is 0 Å². The summed E-state index contributed by atoms with van der Waals surface area (Å²) in [6, 6.07) is 70.4. The molecule has 12 aromatic rings. The summed E-state index contributed by atoms with van der Waals surface area (Å²) in [5.41, 5.74) is 8.33. The fourth-order valence-electron chi connectivity index (χ4n) is 9.36. The van der Waals surface area contributed by atoms with Crippen molar-refractivity contribution in [3.63, 3.8) is 0 Å². The van der Waals surface area contributed by atoms with Gasteiger partial charge in [0.1, 0.15) is 23.0 Å². The van der Waals surface area contributed by atoms with Gasteiger partial charge < -0.3 is 19.3 Å². The van der Waals surface area contributed by atoms with Gasteiger partial charge in [0.25, 0.3) is 6.71 Å². The Morgan fingerprint density at radius 1 is 0.492 bits per heavy atom. The molecule has 0 N–H and O–H groups in total. The molecule has 0 spiro atoms. The van der Waals surface area contributed by atoms with Crippen LogP contribution in [0.15, 0.2) is 211 Å². The minimum absolute atomic E-state index is 0.185. The average Bonchev–Trinajstić information content (AvgIpc) is 4.16. The van der Waals surface area contributed by atoms with Gasteiger partial charge in [0.15, 0.2) is 0 Å². The number of ether oxygens (including phenoxy) is 2. The number of para-hydroxylation sites is 2. The molecule has 0 radical (unpaired) electrons. The van der Waals surface area contributed by atoms with Gasteiger partial charge >= 0.3 is 0 Å². The van der Waals surface area contributed by atoms with Crippen molar-refractivity contribution in [2.24, 2.45) is 0 Å². The van der Waals surface area contributed by atoms with Crippen LogP contribution in [0.3, 0.4) is 0 Å². The van der Waals surface area contributed by atoms with Crippen LogP contribution in [0.4, 0.5) is 34.1 Å². The summed E-state index contributed by atoms with van der Waals surface area (Å²) in [5, 5.41) is 9.23. The SMILES string of the molecule is c1ccc(N(c2cccc(Oc3csc4ccccc34)c2)c2csc3ccccc23)cc1.c1ccc(N2c3cccc4c3B(c3sc5ccccc5c3O4)c3sc4ccccc4c32)cc1. The first-order valence-electron chi connectivity index (χ1n) is 21.5. The van der Waals surface area contributed by atoms with Crippen LogP contribution >= 0.6 is 45.3 Å². The maximum absolute atomic E-state index is 6.64. The van der Waals surface area contributed by atoms with Gasteiger partial charge in [-0.3, -0.25) is 0 Å². The molecule has 4 nitrogen and oxygen atoms in total. The van der Waals surface area contributed by atoms with Crippen molar-refractivity contribution in [2.45, 2.75) is 0 Å². The largest absolute Gasteiger partial charge is 0.457 e. The lowest BCUT2D eigenvalue weighted by Crippen LogP contribution is -2.57. The first-order valence-corrected chi connectivity index (χ1v) is 24.9. The Morgan fingerprint density at radius 2 is 1.09 bits per heavy atom. The van der Waals surface area contributed by atoms with Crippen LogP contribution in [0, 0.1) is 0 Å². The second-order valence-corrected chi connectivity index (χ2v) is 20.0. The van der Waals surface area contributed by atoms with E-state index in [0.29, 0.717) is 0 Å². The molecule has 0 bridgehead atoms. The van der Waals surface area contributed by atoms with E-state index in [-0.39, 0.29) is 6.71 Å². The van der Waals surface area contributed by atoms with E-state index in [1.54, 1.807) is 22.7 Å². The predicted molar refractivity (Wildman–Crippen MR) is 281 cm³/mol. The molecule has 6 heterocycles. The van der Waals surface area contributed by atoms with E-state index >= 15 is 0 Å². The number of hydrogen-bond donors (Lipinski definition) is 0. The highest BCUT2D eigenvalue weighted by Gasteiger charge is 2.45. The second kappa shape index (κ2) is 15.8. The molecule has 14 rings (SSSR count). The fourth-order valence-corrected chi connectivity index (χ4v) is 13.8. The Hall–Kier alpha value is -7.14. The van der Waals surface area contributed by atoms with Crippen molar-refractivity contribution < 1.29 is 9.47 Å². The van der Waals surface area contributed by atoms with Gasteiger partial charge in [0.05, 0.1) is 11.4 Å². The molecule has 0 fully saturated rings. The molecule has 0 aliphatic carbocycles. The predicted octanol–water partition coefficient (Wildman–Crippen LogP) is 15.9. The van der Waals surface area contributed by atoms with Gasteiger partial charge in [0.2, 0.25) is 0 Å². The van der Waals surface area contributed by atoms with E-state index in [4.69, 9.17) is 9.47 Å². The van der Waals surface area contributed by atoms with E-state index in [1.165, 1.54) is 72.7 Å². The fraction of sp³-hybridized carbons (Fsp3) is 0. The topological polar surface area (TPSA) is 24.9 Å². The van der Waals surface area contributed by atoms with E-state index in [9.17, 15) is 0 Å². The smallest absolute Gasteiger partial charge is 0.281 e. The van der Waals surface area contributed by atoms with Crippen molar-refractivity contribution in [3.05, 3.63) is 211 Å². The first kappa shape index (κ1) is 38.3. The third-order valence-corrected chi connectivity index (χ3v) is 16.5. The van der Waals surface area contributed by atoms with Crippen LogP contribution in [-0.2, 0) is 0 Å². The van der Waals surface area contributed by atoms with E-state index in [0.717, 1.165) is 39.8 Å². The lowest BCUT2D eigenvalue weighted by Gasteiger charge is -2.37. The maximum atomic E-state index is 6.64. The summed E-state index contributed by atoms with van der Waals surface area (Å²) in [4.78, 5) is 4.74. The minimum Gasteiger partial charge on any atom is -0.457 e. The van der Waals surface area contributed by atoms with E-state index in [1.807, 2.05) is 28.7 Å². The average molecular weight is 907 g/mol. The Morgan fingerprint density at radius 3 is 1.89 bits per heavy atom. The standard InChI is InChI=1S/C28H16BNOS2.C28H19NOS2/c1-2-9-17(10-3-1)30-20-13-8-14-21-24(20)29(27-25(30)18-11-4-6-15-22(18)32-27)28-26(31-21)19-12-5-7-16-23(19)33-28;1-2-9-20(10-3-1)29(25-18-31-27-15-6-4-13-23(25)27)21-11-8-12-22(17-21)30-26-19-32-28-16-7-5-14-24(26)28/h1-16H;1-19H. The third kappa shape index (κ3) is 6.45. The first-order chi connectivity index (χ1) is 32.2. The molecule has 0 amide bonds. The van der Waals surface area contributed by atoms with E-state index < -0.39 is 0 Å². The van der Waals surface area contributed by atoms with Gasteiger partial charge in [-0.25, -0.2) is 0 Å². The van der Waals surface area contributed by atoms with E-state index in [2.05, 4.69) is 215 Å². The Balaban J connectivity index is 0.000000130. The van der Waals surface area contributed by atoms with Crippen molar-refractivity contribution in [2.75, 3.05) is 9.80 Å². The molecule has 9 heteroatoms. The Bertz CT molecular complexity index is 3730. The molecule has 65 heavy (non-hydrogen) atoms. The van der Waals surface area contributed by atoms with Crippen LogP contribution < -0.4 is 34.3 Å². The lowest BCUT2D eigenvalue weighted by atomic mass is 9.40. The van der Waals surface area contributed by atoms with Crippen LogP contribution in [0.25, 0.3) is 40.3 Å². The monoisotopic (exact) mass is 906 g/mol. The van der Waals surface area contributed by atoms with Gasteiger partial charge in [-0.05, 0) is 90.4 Å². The summed E-state index contributed by atoms with van der Waals surface area (Å²) < 4.78 is 20.8. The molecular formula is C56H35BN2O2S4. The van der Waals surface area contributed by atoms with Crippen LogP contribution in [0.1, 0.15) is 0 Å². The zero-order chi connectivity index (χ0) is 42.8. The maximum Gasteiger partial charge on any atom is 0.281 e. The minimum atomic E-state index is 0.185. The molecule has 0 saturated carbocycles. The Labute approximate surface area is 392 Å². The Kier molecular flexibility index (Phi) is 9.34. The number of benzene rings is 8. The highest BCUT2D eigenvalue weighted by Crippen LogP contribution is 2.48. The summed E-state index contributed by atoms with van der Waals surface area (Å²) in [6.45, 7) is 0.185. The molecular weight excluding hydrogens is 872 g/mol. The van der Waals surface area contributed by atoms with Crippen LogP contribution in [-0.4, -0.2) is 6.71 Å². The second-order valence-electron chi connectivity index (χ2n) is 16.0. The van der Waals surface area contributed by atoms with Crippen molar-refractivity contribution in [1.82, 2.24) is 0 Å². The summed E-state index contributed by atoms with van der Waals surface area (Å²) in [5.74, 6) is 3.72. The number of thiophene rings is 4. The highest BCUT2D eigenvalue weighted by molar-refractivity contribution is 7.40. The number of nitrogens with zero attached hydrogens (tertiary/aromatic N) is 2. The summed E-state index contributed by atoms with van der Waals surface area (Å²) in [7, 11) is 0. The summed E-state index contributed by atoms with van der Waals surface area (Å²) >= 11 is 7.27. The number of rotatable bonds is 6.